The lowest BCUT2D eigenvalue weighted by molar-refractivity contribution is -0.143. The number of carbonyl (C=O) groups is 2. The number of benzene rings is 3. The molecule has 2 amide bonds. The van der Waals surface area contributed by atoms with Crippen LogP contribution in [-0.2, 0) is 22.6 Å². The molecule has 0 radical (unpaired) electrons. The van der Waals surface area contributed by atoms with Crippen LogP contribution in [0.5, 0.6) is 5.75 Å². The van der Waals surface area contributed by atoms with Gasteiger partial charge < -0.3 is 15.0 Å². The number of rotatable bonds is 10. The molecule has 3 rings (SSSR count). The Labute approximate surface area is 223 Å². The lowest BCUT2D eigenvalue weighted by atomic mass is 10.0. The van der Waals surface area contributed by atoms with Gasteiger partial charge in [0.25, 0.3) is 5.91 Å². The van der Waals surface area contributed by atoms with E-state index in [1.54, 1.807) is 23.1 Å². The number of carbonyl (C=O) groups excluding carboxylic acids is 2. The van der Waals surface area contributed by atoms with Crippen LogP contribution in [0.4, 0.5) is 0 Å². The maximum atomic E-state index is 13.6. The molecule has 190 valence electrons. The Balaban J connectivity index is 1.95. The van der Waals surface area contributed by atoms with Crippen molar-refractivity contribution in [2.75, 3.05) is 6.61 Å². The van der Waals surface area contributed by atoms with Crippen molar-refractivity contribution in [1.82, 2.24) is 10.2 Å². The Kier molecular flexibility index (Phi) is 9.80. The van der Waals surface area contributed by atoms with E-state index >= 15 is 0 Å². The third kappa shape index (κ3) is 8.00. The molecular formula is C29H32Cl2N2O3. The zero-order chi connectivity index (χ0) is 26.2. The Morgan fingerprint density at radius 1 is 0.944 bits per heavy atom. The second kappa shape index (κ2) is 12.8. The van der Waals surface area contributed by atoms with Gasteiger partial charge in [-0.2, -0.15) is 0 Å². The molecular weight excluding hydrogens is 495 g/mol. The summed E-state index contributed by atoms with van der Waals surface area (Å²) in [6.45, 7) is 7.65. The highest BCUT2D eigenvalue weighted by atomic mass is 35.5. The number of hydrogen-bond donors (Lipinski definition) is 1. The van der Waals surface area contributed by atoms with Gasteiger partial charge in [0.15, 0.2) is 6.61 Å². The van der Waals surface area contributed by atoms with E-state index in [1.807, 2.05) is 76.2 Å². The normalized spacial score (nSPS) is 11.8. The summed E-state index contributed by atoms with van der Waals surface area (Å²) < 4.78 is 5.88. The van der Waals surface area contributed by atoms with Crippen molar-refractivity contribution in [3.63, 3.8) is 0 Å². The number of nitrogens with one attached hydrogen (secondary N) is 1. The fourth-order valence-electron chi connectivity index (χ4n) is 4.01. The predicted octanol–water partition coefficient (Wildman–Crippen LogP) is 6.15. The molecule has 36 heavy (non-hydrogen) atoms. The minimum atomic E-state index is -0.767. The molecule has 0 spiro atoms. The van der Waals surface area contributed by atoms with Gasteiger partial charge in [-0.3, -0.25) is 9.59 Å². The van der Waals surface area contributed by atoms with Crippen LogP contribution in [0.25, 0.3) is 0 Å². The number of hydrogen-bond acceptors (Lipinski definition) is 3. The van der Waals surface area contributed by atoms with Gasteiger partial charge in [0.2, 0.25) is 5.91 Å². The molecule has 0 aliphatic heterocycles. The predicted molar refractivity (Wildman–Crippen MR) is 146 cm³/mol. The highest BCUT2D eigenvalue weighted by Crippen LogP contribution is 2.24. The Hall–Kier alpha value is -3.02. The highest BCUT2D eigenvalue weighted by molar-refractivity contribution is 6.35. The summed E-state index contributed by atoms with van der Waals surface area (Å²) in [6.07, 6.45) is 0.347. The van der Waals surface area contributed by atoms with Crippen LogP contribution in [0.3, 0.4) is 0 Å². The van der Waals surface area contributed by atoms with Crippen molar-refractivity contribution in [2.24, 2.45) is 0 Å². The van der Waals surface area contributed by atoms with Crippen LogP contribution in [0.2, 0.25) is 10.0 Å². The standard InChI is InChI=1S/C29H32Cl2N2O3/c1-19(2)32-29(35)27(15-22-8-6-5-7-9-22)33(17-23-10-11-24(30)16-26(23)31)28(34)18-36-25-13-20(3)12-21(4)14-25/h5-14,16,19,27H,15,17-18H2,1-4H3,(H,32,35). The third-order valence-corrected chi connectivity index (χ3v) is 6.20. The molecule has 3 aromatic carbocycles. The van der Waals surface area contributed by atoms with Crippen molar-refractivity contribution in [1.29, 1.82) is 0 Å². The third-order valence-electron chi connectivity index (χ3n) is 5.62. The van der Waals surface area contributed by atoms with Crippen LogP contribution >= 0.6 is 23.2 Å². The molecule has 0 fully saturated rings. The first-order valence-corrected chi connectivity index (χ1v) is 12.7. The topological polar surface area (TPSA) is 58.6 Å². The smallest absolute Gasteiger partial charge is 0.261 e. The van der Waals surface area contributed by atoms with Crippen LogP contribution in [0.1, 0.15) is 36.1 Å². The average Bonchev–Trinajstić information content (AvgIpc) is 2.80. The Morgan fingerprint density at radius 2 is 1.61 bits per heavy atom. The fraction of sp³-hybridized carbons (Fsp3) is 0.310. The second-order valence-corrected chi connectivity index (χ2v) is 10.1. The van der Waals surface area contributed by atoms with Crippen LogP contribution in [0, 0.1) is 13.8 Å². The number of amides is 2. The zero-order valence-electron chi connectivity index (χ0n) is 21.1. The van der Waals surface area contributed by atoms with Crippen molar-refractivity contribution >= 4 is 35.0 Å². The number of aryl methyl sites for hydroxylation is 2. The summed E-state index contributed by atoms with van der Waals surface area (Å²) in [7, 11) is 0. The minimum Gasteiger partial charge on any atom is -0.484 e. The number of nitrogens with zero attached hydrogens (tertiary/aromatic N) is 1. The van der Waals surface area contributed by atoms with Crippen molar-refractivity contribution in [2.45, 2.75) is 52.7 Å². The average molecular weight is 527 g/mol. The van der Waals surface area contributed by atoms with E-state index in [0.29, 0.717) is 27.8 Å². The molecule has 0 aliphatic rings. The van der Waals surface area contributed by atoms with Gasteiger partial charge in [0, 0.05) is 29.1 Å². The van der Waals surface area contributed by atoms with E-state index < -0.39 is 6.04 Å². The van der Waals surface area contributed by atoms with Gasteiger partial charge in [0.05, 0.1) is 0 Å². The second-order valence-electron chi connectivity index (χ2n) is 9.24. The maximum Gasteiger partial charge on any atom is 0.261 e. The first-order chi connectivity index (χ1) is 17.1. The Bertz CT molecular complexity index is 1180. The SMILES string of the molecule is Cc1cc(C)cc(OCC(=O)N(Cc2ccc(Cl)cc2Cl)C(Cc2ccccc2)C(=O)NC(C)C)c1. The van der Waals surface area contributed by atoms with Gasteiger partial charge in [-0.15, -0.1) is 0 Å². The molecule has 1 unspecified atom stereocenters. The fourth-order valence-corrected chi connectivity index (χ4v) is 4.48. The molecule has 0 aromatic heterocycles. The molecule has 0 bridgehead atoms. The molecule has 0 heterocycles. The van der Waals surface area contributed by atoms with E-state index in [-0.39, 0.29) is 31.0 Å². The van der Waals surface area contributed by atoms with E-state index in [4.69, 9.17) is 27.9 Å². The maximum absolute atomic E-state index is 13.6. The quantitative estimate of drug-likeness (QED) is 0.344. The van der Waals surface area contributed by atoms with E-state index in [2.05, 4.69) is 5.32 Å². The van der Waals surface area contributed by atoms with E-state index in [1.165, 1.54) is 0 Å². The summed E-state index contributed by atoms with van der Waals surface area (Å²) in [4.78, 5) is 28.6. The first-order valence-electron chi connectivity index (χ1n) is 11.9. The molecule has 1 N–H and O–H groups in total. The summed E-state index contributed by atoms with van der Waals surface area (Å²) in [5.41, 5.74) is 3.72. The molecule has 0 saturated heterocycles. The number of halogens is 2. The molecule has 7 heteroatoms. The van der Waals surface area contributed by atoms with Gasteiger partial charge in [0.1, 0.15) is 11.8 Å². The van der Waals surface area contributed by atoms with Crippen molar-refractivity contribution in [3.8, 4) is 5.75 Å². The minimum absolute atomic E-state index is 0.0848. The summed E-state index contributed by atoms with van der Waals surface area (Å²) in [5, 5.41) is 3.90. The molecule has 1 atom stereocenters. The zero-order valence-corrected chi connectivity index (χ0v) is 22.6. The van der Waals surface area contributed by atoms with Crippen molar-refractivity contribution < 1.29 is 14.3 Å². The van der Waals surface area contributed by atoms with Crippen LogP contribution in [0.15, 0.2) is 66.7 Å². The lowest BCUT2D eigenvalue weighted by Crippen LogP contribution is -2.52. The van der Waals surface area contributed by atoms with E-state index in [9.17, 15) is 9.59 Å². The van der Waals surface area contributed by atoms with Gasteiger partial charge >= 0.3 is 0 Å². The Morgan fingerprint density at radius 3 is 2.22 bits per heavy atom. The lowest BCUT2D eigenvalue weighted by Gasteiger charge is -2.32. The van der Waals surface area contributed by atoms with Crippen LogP contribution in [-0.4, -0.2) is 35.4 Å². The number of ether oxygens (including phenoxy) is 1. The highest BCUT2D eigenvalue weighted by Gasteiger charge is 2.31. The van der Waals surface area contributed by atoms with Crippen molar-refractivity contribution in [3.05, 3.63) is 99.0 Å². The monoisotopic (exact) mass is 526 g/mol. The summed E-state index contributed by atoms with van der Waals surface area (Å²) >= 11 is 12.5. The summed E-state index contributed by atoms with van der Waals surface area (Å²) in [5.74, 6) is 0.0512. The molecule has 0 aliphatic carbocycles. The molecule has 3 aromatic rings. The summed E-state index contributed by atoms with van der Waals surface area (Å²) in [6, 6.07) is 19.7. The van der Waals surface area contributed by atoms with Gasteiger partial charge in [-0.1, -0.05) is 65.7 Å². The van der Waals surface area contributed by atoms with E-state index in [0.717, 1.165) is 16.7 Å². The van der Waals surface area contributed by atoms with Gasteiger partial charge in [-0.25, -0.2) is 0 Å². The largest absolute Gasteiger partial charge is 0.484 e. The van der Waals surface area contributed by atoms with Gasteiger partial charge in [-0.05, 0) is 74.2 Å². The van der Waals surface area contributed by atoms with Crippen LogP contribution < -0.4 is 10.1 Å². The molecule has 0 saturated carbocycles. The molecule has 5 nitrogen and oxygen atoms in total. The first kappa shape index (κ1) is 27.6.